The van der Waals surface area contributed by atoms with Gasteiger partial charge in [-0.2, -0.15) is 10.1 Å². The van der Waals surface area contributed by atoms with Crippen LogP contribution in [0.1, 0.15) is 31.2 Å². The first-order valence-electron chi connectivity index (χ1n) is 8.22. The molecule has 0 atom stereocenters. The zero-order valence-corrected chi connectivity index (χ0v) is 16.3. The number of carbonyl (C=O) groups excluding carboxylic acids is 1. The second kappa shape index (κ2) is 9.04. The van der Waals surface area contributed by atoms with Crippen LogP contribution in [0.25, 0.3) is 0 Å². The maximum Gasteiger partial charge on any atom is 0.240 e. The Morgan fingerprint density at radius 1 is 1.46 bits per heavy atom. The van der Waals surface area contributed by atoms with Crippen LogP contribution in [-0.4, -0.2) is 44.2 Å². The average molecular weight is 439 g/mol. The number of anilines is 1. The molecule has 0 spiro atoms. The van der Waals surface area contributed by atoms with Gasteiger partial charge in [-0.05, 0) is 31.0 Å². The zero-order valence-electron chi connectivity index (χ0n) is 13.9. The smallest absolute Gasteiger partial charge is 0.240 e. The number of hydrogen-bond acceptors (Lipinski definition) is 7. The molecule has 4 N–H and O–H groups in total. The molecule has 138 valence electrons. The van der Waals surface area contributed by atoms with Gasteiger partial charge in [0.1, 0.15) is 5.75 Å². The van der Waals surface area contributed by atoms with Crippen molar-refractivity contribution in [2.45, 2.75) is 36.9 Å². The van der Waals surface area contributed by atoms with E-state index in [1.165, 1.54) is 30.8 Å². The molecule has 1 fully saturated rings. The molecule has 1 aliphatic carbocycles. The maximum atomic E-state index is 11.9. The van der Waals surface area contributed by atoms with Crippen LogP contribution in [0.2, 0.25) is 0 Å². The molecule has 1 heterocycles. The van der Waals surface area contributed by atoms with E-state index in [1.54, 1.807) is 18.2 Å². The van der Waals surface area contributed by atoms with Crippen LogP contribution >= 0.6 is 27.7 Å². The largest absolute Gasteiger partial charge is 0.507 e. The number of phenols is 1. The van der Waals surface area contributed by atoms with Gasteiger partial charge in [-0.3, -0.25) is 4.79 Å². The van der Waals surface area contributed by atoms with Crippen LogP contribution < -0.4 is 10.7 Å². The fraction of sp³-hybridized carbons (Fsp3) is 0.375. The lowest BCUT2D eigenvalue weighted by atomic mass is 10.2. The predicted molar refractivity (Wildman–Crippen MR) is 105 cm³/mol. The lowest BCUT2D eigenvalue weighted by Crippen LogP contribution is -2.33. The molecule has 8 nitrogen and oxygen atoms in total. The molecule has 0 unspecified atom stereocenters. The number of aromatic amines is 1. The molecule has 0 saturated heterocycles. The van der Waals surface area contributed by atoms with Crippen molar-refractivity contribution in [1.29, 1.82) is 0 Å². The van der Waals surface area contributed by atoms with Crippen molar-refractivity contribution in [3.8, 4) is 5.75 Å². The fourth-order valence-electron chi connectivity index (χ4n) is 2.62. The number of aromatic nitrogens is 3. The number of amides is 1. The van der Waals surface area contributed by atoms with Crippen molar-refractivity contribution < 1.29 is 9.90 Å². The molecule has 2 aromatic rings. The monoisotopic (exact) mass is 438 g/mol. The van der Waals surface area contributed by atoms with Gasteiger partial charge in [0.15, 0.2) is 0 Å². The molecule has 1 aromatic heterocycles. The summed E-state index contributed by atoms with van der Waals surface area (Å²) in [5.74, 6) is 0.767. The minimum absolute atomic E-state index is 0.00404. The van der Waals surface area contributed by atoms with Crippen molar-refractivity contribution in [2.75, 3.05) is 11.2 Å². The van der Waals surface area contributed by atoms with Gasteiger partial charge in [0, 0.05) is 16.1 Å². The number of H-pyrrole nitrogens is 1. The Morgan fingerprint density at radius 3 is 3.08 bits per heavy atom. The number of halogens is 1. The number of thioether (sulfide) groups is 1. The van der Waals surface area contributed by atoms with E-state index in [0.717, 1.165) is 17.3 Å². The minimum atomic E-state index is 0.00404. The molecule has 26 heavy (non-hydrogen) atoms. The summed E-state index contributed by atoms with van der Waals surface area (Å²) in [7, 11) is 0. The third-order valence-electron chi connectivity index (χ3n) is 3.88. The molecule has 0 aliphatic heterocycles. The zero-order chi connectivity index (χ0) is 18.4. The first-order chi connectivity index (χ1) is 12.6. The van der Waals surface area contributed by atoms with E-state index in [9.17, 15) is 9.90 Å². The summed E-state index contributed by atoms with van der Waals surface area (Å²) >= 11 is 4.60. The molecule has 3 rings (SSSR count). The average Bonchev–Trinajstić information content (AvgIpc) is 3.28. The standard InChI is InChI=1S/C16H19BrN6O2S/c17-11-5-6-13(24)10(7-11)8-18-21-15-20-16(23-22-15)26-9-14(25)19-12-3-1-2-4-12/h5-8,12,24H,1-4,9H2,(H,19,25)(H2,20,21,22,23)/b18-8+. The Morgan fingerprint density at radius 2 is 2.27 bits per heavy atom. The van der Waals surface area contributed by atoms with E-state index in [0.29, 0.717) is 22.7 Å². The Hall–Kier alpha value is -2.07. The number of benzene rings is 1. The molecule has 1 aromatic carbocycles. The molecule has 1 aliphatic rings. The summed E-state index contributed by atoms with van der Waals surface area (Å²) in [4.78, 5) is 16.1. The topological polar surface area (TPSA) is 115 Å². The fourth-order valence-corrected chi connectivity index (χ4v) is 3.61. The SMILES string of the molecule is O=C(CSc1n[nH]c(N/N=C/c2cc(Br)ccc2O)n1)NC1CCCC1. The number of nitrogens with one attached hydrogen (secondary N) is 3. The number of nitrogens with zero attached hydrogens (tertiary/aromatic N) is 3. The second-order valence-electron chi connectivity index (χ2n) is 5.88. The summed E-state index contributed by atoms with van der Waals surface area (Å²) in [5, 5.41) is 24.0. The predicted octanol–water partition coefficient (Wildman–Crippen LogP) is 2.87. The molecular weight excluding hydrogens is 420 g/mol. The molecule has 0 bridgehead atoms. The summed E-state index contributed by atoms with van der Waals surface area (Å²) in [6.07, 6.45) is 5.98. The minimum Gasteiger partial charge on any atom is -0.507 e. The van der Waals surface area contributed by atoms with Crippen molar-refractivity contribution in [2.24, 2.45) is 5.10 Å². The summed E-state index contributed by atoms with van der Waals surface area (Å²) in [5.41, 5.74) is 3.27. The van der Waals surface area contributed by atoms with Crippen molar-refractivity contribution in [3.63, 3.8) is 0 Å². The highest BCUT2D eigenvalue weighted by Crippen LogP contribution is 2.20. The van der Waals surface area contributed by atoms with Gasteiger partial charge in [0.2, 0.25) is 17.0 Å². The Balaban J connectivity index is 1.46. The normalized spacial score (nSPS) is 14.8. The maximum absolute atomic E-state index is 11.9. The summed E-state index contributed by atoms with van der Waals surface area (Å²) in [6.45, 7) is 0. The van der Waals surface area contributed by atoms with Gasteiger partial charge in [-0.25, -0.2) is 10.5 Å². The number of phenolic OH excluding ortho intramolecular Hbond substituents is 1. The van der Waals surface area contributed by atoms with Crippen molar-refractivity contribution in [1.82, 2.24) is 20.5 Å². The molecule has 1 amide bonds. The Bertz CT molecular complexity index is 791. The van der Waals surface area contributed by atoms with Crippen LogP contribution in [0.5, 0.6) is 5.75 Å². The highest BCUT2D eigenvalue weighted by atomic mass is 79.9. The molecule has 0 radical (unpaired) electrons. The highest BCUT2D eigenvalue weighted by Gasteiger charge is 2.17. The van der Waals surface area contributed by atoms with Crippen LogP contribution in [0.4, 0.5) is 5.95 Å². The number of hydrogen-bond donors (Lipinski definition) is 4. The first-order valence-corrected chi connectivity index (χ1v) is 10.00. The lowest BCUT2D eigenvalue weighted by Gasteiger charge is -2.10. The Labute approximate surface area is 163 Å². The third kappa shape index (κ3) is 5.46. The van der Waals surface area contributed by atoms with Gasteiger partial charge in [-0.1, -0.05) is 40.5 Å². The van der Waals surface area contributed by atoms with Crippen molar-refractivity contribution >= 4 is 45.8 Å². The van der Waals surface area contributed by atoms with E-state index in [1.807, 2.05) is 0 Å². The van der Waals surface area contributed by atoms with Gasteiger partial charge in [-0.15, -0.1) is 5.10 Å². The van der Waals surface area contributed by atoms with Gasteiger partial charge < -0.3 is 10.4 Å². The van der Waals surface area contributed by atoms with Gasteiger partial charge >= 0.3 is 0 Å². The number of rotatable bonds is 7. The van der Waals surface area contributed by atoms with E-state index >= 15 is 0 Å². The number of carbonyl (C=O) groups is 1. The highest BCUT2D eigenvalue weighted by molar-refractivity contribution is 9.10. The summed E-state index contributed by atoms with van der Waals surface area (Å²) in [6, 6.07) is 5.37. The third-order valence-corrected chi connectivity index (χ3v) is 5.22. The summed E-state index contributed by atoms with van der Waals surface area (Å²) < 4.78 is 0.839. The first kappa shape index (κ1) is 18.7. The van der Waals surface area contributed by atoms with Crippen LogP contribution in [0, 0.1) is 0 Å². The van der Waals surface area contributed by atoms with Crippen LogP contribution in [0.3, 0.4) is 0 Å². The Kier molecular flexibility index (Phi) is 6.51. The van der Waals surface area contributed by atoms with E-state index in [4.69, 9.17) is 0 Å². The molecule has 1 saturated carbocycles. The van der Waals surface area contributed by atoms with Crippen LogP contribution in [0.15, 0.2) is 32.9 Å². The quantitative estimate of drug-likeness (QED) is 0.300. The lowest BCUT2D eigenvalue weighted by molar-refractivity contribution is -0.119. The van der Waals surface area contributed by atoms with E-state index < -0.39 is 0 Å². The van der Waals surface area contributed by atoms with E-state index in [-0.39, 0.29) is 17.4 Å². The van der Waals surface area contributed by atoms with E-state index in [2.05, 4.69) is 47.0 Å². The molecule has 10 heteroatoms. The second-order valence-corrected chi connectivity index (χ2v) is 7.74. The van der Waals surface area contributed by atoms with Crippen LogP contribution in [-0.2, 0) is 4.79 Å². The number of hydrazone groups is 1. The van der Waals surface area contributed by atoms with Gasteiger partial charge in [0.05, 0.1) is 12.0 Å². The molecular formula is C16H19BrN6O2S. The van der Waals surface area contributed by atoms with Crippen molar-refractivity contribution in [3.05, 3.63) is 28.2 Å². The van der Waals surface area contributed by atoms with Gasteiger partial charge in [0.25, 0.3) is 0 Å². The number of aromatic hydroxyl groups is 1.